The molecule has 0 bridgehead atoms. The Balaban J connectivity index is 1.74. The molecule has 0 amide bonds. The van der Waals surface area contributed by atoms with Gasteiger partial charge in [0.15, 0.2) is 0 Å². The lowest BCUT2D eigenvalue weighted by Crippen LogP contribution is -2.17. The summed E-state index contributed by atoms with van der Waals surface area (Å²) in [5, 5.41) is 0. The van der Waals surface area contributed by atoms with E-state index in [1.54, 1.807) is 7.11 Å². The van der Waals surface area contributed by atoms with Crippen LogP contribution in [-0.4, -0.2) is 13.7 Å². The monoisotopic (exact) mass is 283 g/mol. The van der Waals surface area contributed by atoms with Crippen LogP contribution in [0.3, 0.4) is 0 Å². The van der Waals surface area contributed by atoms with Crippen LogP contribution in [0.25, 0.3) is 0 Å². The third kappa shape index (κ3) is 2.97. The molecule has 0 saturated heterocycles. The van der Waals surface area contributed by atoms with Gasteiger partial charge in [-0.3, -0.25) is 0 Å². The van der Waals surface area contributed by atoms with Gasteiger partial charge in [0, 0.05) is 12.0 Å². The normalized spacial score (nSPS) is 17.1. The second-order valence-electron chi connectivity index (χ2n) is 5.50. The maximum Gasteiger partial charge on any atom is 0.145 e. The summed E-state index contributed by atoms with van der Waals surface area (Å²) in [6.45, 7) is 0.661. The first-order valence-corrected chi connectivity index (χ1v) is 7.42. The summed E-state index contributed by atoms with van der Waals surface area (Å²) in [5.74, 6) is 1.92. The fourth-order valence-electron chi connectivity index (χ4n) is 2.98. The van der Waals surface area contributed by atoms with E-state index in [1.165, 1.54) is 30.4 Å². The number of benzene rings is 2. The lowest BCUT2D eigenvalue weighted by atomic mass is 9.83. The van der Waals surface area contributed by atoms with E-state index in [0.29, 0.717) is 24.0 Å². The topological polar surface area (TPSA) is 44.5 Å². The molecule has 0 aromatic heterocycles. The van der Waals surface area contributed by atoms with Crippen molar-refractivity contribution >= 4 is 5.69 Å². The van der Waals surface area contributed by atoms with Crippen molar-refractivity contribution in [3.63, 3.8) is 0 Å². The van der Waals surface area contributed by atoms with Crippen molar-refractivity contribution in [2.45, 2.75) is 25.2 Å². The first kappa shape index (κ1) is 13.8. The van der Waals surface area contributed by atoms with Crippen LogP contribution in [0.2, 0.25) is 0 Å². The van der Waals surface area contributed by atoms with Gasteiger partial charge in [-0.15, -0.1) is 0 Å². The summed E-state index contributed by atoms with van der Waals surface area (Å²) in [7, 11) is 1.65. The molecule has 0 heterocycles. The Bertz CT molecular complexity index is 624. The highest BCUT2D eigenvalue weighted by atomic mass is 16.5. The summed E-state index contributed by atoms with van der Waals surface area (Å²) >= 11 is 0. The molecule has 3 heteroatoms. The van der Waals surface area contributed by atoms with Crippen molar-refractivity contribution in [3.8, 4) is 11.5 Å². The first-order valence-electron chi connectivity index (χ1n) is 7.42. The fraction of sp³-hybridized carbons (Fsp3) is 0.333. The van der Waals surface area contributed by atoms with E-state index in [2.05, 4.69) is 24.3 Å². The largest absolute Gasteiger partial charge is 0.497 e. The van der Waals surface area contributed by atoms with E-state index >= 15 is 0 Å². The molecule has 2 aromatic rings. The Kier molecular flexibility index (Phi) is 4.00. The molecule has 2 N–H and O–H groups in total. The van der Waals surface area contributed by atoms with Crippen LogP contribution in [0.15, 0.2) is 42.5 Å². The Hall–Kier alpha value is -2.16. The molecule has 0 aliphatic heterocycles. The van der Waals surface area contributed by atoms with E-state index in [4.69, 9.17) is 15.2 Å². The van der Waals surface area contributed by atoms with Gasteiger partial charge in [0.1, 0.15) is 11.5 Å². The highest BCUT2D eigenvalue weighted by Crippen LogP contribution is 2.33. The average molecular weight is 283 g/mol. The SMILES string of the molecule is COc1ccc(N)c(OCC2CCCc3ccccc32)c1. The number of ether oxygens (including phenoxy) is 2. The van der Waals surface area contributed by atoms with Crippen molar-refractivity contribution in [2.24, 2.45) is 0 Å². The molecule has 1 unspecified atom stereocenters. The molecule has 3 nitrogen and oxygen atoms in total. The first-order chi connectivity index (χ1) is 10.3. The molecule has 1 aliphatic carbocycles. The van der Waals surface area contributed by atoms with E-state index in [1.807, 2.05) is 18.2 Å². The summed E-state index contributed by atoms with van der Waals surface area (Å²) in [6, 6.07) is 14.2. The van der Waals surface area contributed by atoms with Crippen LogP contribution in [-0.2, 0) is 6.42 Å². The van der Waals surface area contributed by atoms with Gasteiger partial charge >= 0.3 is 0 Å². The molecule has 0 spiro atoms. The number of hydrogen-bond donors (Lipinski definition) is 1. The molecule has 1 atom stereocenters. The number of rotatable bonds is 4. The van der Waals surface area contributed by atoms with Crippen LogP contribution in [0.1, 0.15) is 29.9 Å². The van der Waals surface area contributed by atoms with Gasteiger partial charge in [-0.1, -0.05) is 24.3 Å². The molecule has 1 aliphatic rings. The van der Waals surface area contributed by atoms with Crippen molar-refractivity contribution in [1.82, 2.24) is 0 Å². The molecular formula is C18H21NO2. The van der Waals surface area contributed by atoms with Gasteiger partial charge in [0.25, 0.3) is 0 Å². The number of nitrogens with two attached hydrogens (primary N) is 1. The lowest BCUT2D eigenvalue weighted by molar-refractivity contribution is 0.274. The summed E-state index contributed by atoms with van der Waals surface area (Å²) in [4.78, 5) is 0. The zero-order valence-corrected chi connectivity index (χ0v) is 12.3. The Morgan fingerprint density at radius 3 is 2.90 bits per heavy atom. The minimum absolute atomic E-state index is 0.445. The van der Waals surface area contributed by atoms with Crippen LogP contribution in [0, 0.1) is 0 Å². The predicted octanol–water partition coefficient (Wildman–Crippen LogP) is 3.78. The van der Waals surface area contributed by atoms with E-state index in [0.717, 1.165) is 5.75 Å². The maximum atomic E-state index is 5.97. The van der Waals surface area contributed by atoms with Gasteiger partial charge < -0.3 is 15.2 Å². The fourth-order valence-corrected chi connectivity index (χ4v) is 2.98. The Morgan fingerprint density at radius 2 is 2.05 bits per heavy atom. The molecular weight excluding hydrogens is 262 g/mol. The van der Waals surface area contributed by atoms with Crippen LogP contribution >= 0.6 is 0 Å². The molecule has 21 heavy (non-hydrogen) atoms. The van der Waals surface area contributed by atoms with Crippen molar-refractivity contribution in [1.29, 1.82) is 0 Å². The van der Waals surface area contributed by atoms with Gasteiger partial charge in [-0.2, -0.15) is 0 Å². The number of nitrogen functional groups attached to an aromatic ring is 1. The van der Waals surface area contributed by atoms with Gasteiger partial charge in [-0.25, -0.2) is 0 Å². The minimum Gasteiger partial charge on any atom is -0.497 e. The van der Waals surface area contributed by atoms with Crippen molar-refractivity contribution in [3.05, 3.63) is 53.6 Å². The number of fused-ring (bicyclic) bond motifs is 1. The van der Waals surface area contributed by atoms with E-state index in [-0.39, 0.29) is 0 Å². The van der Waals surface area contributed by atoms with Crippen molar-refractivity contribution in [2.75, 3.05) is 19.5 Å². The average Bonchev–Trinajstić information content (AvgIpc) is 2.54. The standard InChI is InChI=1S/C18H21NO2/c1-20-15-9-10-17(19)18(11-15)21-12-14-7-4-6-13-5-2-3-8-16(13)14/h2-3,5,8-11,14H,4,6-7,12,19H2,1H3. The van der Waals surface area contributed by atoms with Crippen LogP contribution < -0.4 is 15.2 Å². The second kappa shape index (κ2) is 6.08. The lowest BCUT2D eigenvalue weighted by Gasteiger charge is -2.25. The highest BCUT2D eigenvalue weighted by molar-refractivity contribution is 5.55. The number of aryl methyl sites for hydroxylation is 1. The second-order valence-corrected chi connectivity index (χ2v) is 5.50. The van der Waals surface area contributed by atoms with Crippen LogP contribution in [0.4, 0.5) is 5.69 Å². The molecule has 0 saturated carbocycles. The molecule has 2 aromatic carbocycles. The number of methoxy groups -OCH3 is 1. The Labute approximate surface area is 125 Å². The molecule has 3 rings (SSSR count). The zero-order valence-electron chi connectivity index (χ0n) is 12.3. The van der Waals surface area contributed by atoms with Gasteiger partial charge in [0.2, 0.25) is 0 Å². The van der Waals surface area contributed by atoms with Crippen molar-refractivity contribution < 1.29 is 9.47 Å². The summed E-state index contributed by atoms with van der Waals surface area (Å²) in [6.07, 6.45) is 3.56. The predicted molar refractivity (Wildman–Crippen MR) is 85.0 cm³/mol. The quantitative estimate of drug-likeness (QED) is 0.869. The minimum atomic E-state index is 0.445. The third-order valence-corrected chi connectivity index (χ3v) is 4.15. The molecule has 110 valence electrons. The molecule has 0 radical (unpaired) electrons. The maximum absolute atomic E-state index is 5.97. The highest BCUT2D eigenvalue weighted by Gasteiger charge is 2.20. The van der Waals surface area contributed by atoms with E-state index in [9.17, 15) is 0 Å². The van der Waals surface area contributed by atoms with Gasteiger partial charge in [0.05, 0.1) is 19.4 Å². The zero-order chi connectivity index (χ0) is 14.7. The number of hydrogen-bond acceptors (Lipinski definition) is 3. The smallest absolute Gasteiger partial charge is 0.145 e. The van der Waals surface area contributed by atoms with Crippen LogP contribution in [0.5, 0.6) is 11.5 Å². The number of anilines is 1. The summed E-state index contributed by atoms with van der Waals surface area (Å²) in [5.41, 5.74) is 9.50. The third-order valence-electron chi connectivity index (χ3n) is 4.15. The van der Waals surface area contributed by atoms with Gasteiger partial charge in [-0.05, 0) is 42.5 Å². The van der Waals surface area contributed by atoms with E-state index < -0.39 is 0 Å². The Morgan fingerprint density at radius 1 is 1.19 bits per heavy atom. The molecule has 0 fully saturated rings. The summed E-state index contributed by atoms with van der Waals surface area (Å²) < 4.78 is 11.2.